The Labute approximate surface area is 131 Å². The third kappa shape index (κ3) is 3.06. The number of halogens is 1. The molecular weight excluding hydrogens is 328 g/mol. The summed E-state index contributed by atoms with van der Waals surface area (Å²) in [5.41, 5.74) is 2.41. The minimum Gasteiger partial charge on any atom is -0.324 e. The van der Waals surface area contributed by atoms with Crippen molar-refractivity contribution in [1.82, 2.24) is 4.57 Å². The van der Waals surface area contributed by atoms with Crippen molar-refractivity contribution >= 4 is 27.5 Å². The second-order valence-corrected chi connectivity index (χ2v) is 5.43. The highest BCUT2D eigenvalue weighted by Crippen LogP contribution is 2.22. The van der Waals surface area contributed by atoms with Crippen molar-refractivity contribution in [2.45, 2.75) is 0 Å². The Morgan fingerprint density at radius 3 is 2.24 bits per heavy atom. The van der Waals surface area contributed by atoms with Gasteiger partial charge < -0.3 is 9.88 Å². The number of hydrogen-bond acceptors (Lipinski definition) is 1. The van der Waals surface area contributed by atoms with Crippen LogP contribution in [0.5, 0.6) is 0 Å². The lowest BCUT2D eigenvalue weighted by atomic mass is 10.2. The molecule has 1 aromatic heterocycles. The van der Waals surface area contributed by atoms with Crippen LogP contribution in [0.1, 0.15) is 10.4 Å². The molecule has 3 rings (SSSR count). The van der Waals surface area contributed by atoms with Crippen molar-refractivity contribution in [3.05, 3.63) is 83.1 Å². The van der Waals surface area contributed by atoms with Gasteiger partial charge in [-0.3, -0.25) is 4.79 Å². The monoisotopic (exact) mass is 340 g/mol. The summed E-state index contributed by atoms with van der Waals surface area (Å²) in [6.45, 7) is 0. The molecule has 0 spiro atoms. The minimum atomic E-state index is -0.124. The van der Waals surface area contributed by atoms with Crippen LogP contribution < -0.4 is 5.32 Å². The van der Waals surface area contributed by atoms with E-state index in [0.717, 1.165) is 15.8 Å². The van der Waals surface area contributed by atoms with Crippen LogP contribution in [0.4, 0.5) is 5.69 Å². The van der Waals surface area contributed by atoms with Gasteiger partial charge in [-0.1, -0.05) is 12.1 Å². The number of anilines is 1. The zero-order valence-corrected chi connectivity index (χ0v) is 12.7. The highest BCUT2D eigenvalue weighted by molar-refractivity contribution is 9.10. The fourth-order valence-electron chi connectivity index (χ4n) is 2.05. The van der Waals surface area contributed by atoms with Crippen molar-refractivity contribution < 1.29 is 4.79 Å². The Morgan fingerprint density at radius 1 is 0.905 bits per heavy atom. The van der Waals surface area contributed by atoms with Crippen LogP contribution in [0.15, 0.2) is 77.5 Å². The standard InChI is InChI=1S/C17H13BrN2O/c18-15-5-1-2-6-16(15)19-17(21)13-7-9-14(10-8-13)20-11-3-4-12-20/h1-12H,(H,19,21). The maximum Gasteiger partial charge on any atom is 0.255 e. The Kier molecular flexibility index (Phi) is 3.88. The van der Waals surface area contributed by atoms with Crippen LogP contribution in [-0.4, -0.2) is 10.5 Å². The van der Waals surface area contributed by atoms with Gasteiger partial charge in [-0.15, -0.1) is 0 Å². The predicted molar refractivity (Wildman–Crippen MR) is 87.9 cm³/mol. The van der Waals surface area contributed by atoms with Crippen molar-refractivity contribution in [1.29, 1.82) is 0 Å². The lowest BCUT2D eigenvalue weighted by Crippen LogP contribution is -2.12. The third-order valence-corrected chi connectivity index (χ3v) is 3.85. The summed E-state index contributed by atoms with van der Waals surface area (Å²) >= 11 is 3.42. The lowest BCUT2D eigenvalue weighted by Gasteiger charge is -2.08. The highest BCUT2D eigenvalue weighted by Gasteiger charge is 2.08. The van der Waals surface area contributed by atoms with E-state index in [1.807, 2.05) is 77.6 Å². The fraction of sp³-hybridized carbons (Fsp3) is 0. The molecule has 0 saturated heterocycles. The number of amides is 1. The van der Waals surface area contributed by atoms with Gasteiger partial charge in [0.2, 0.25) is 0 Å². The molecule has 0 unspecified atom stereocenters. The maximum absolute atomic E-state index is 12.2. The van der Waals surface area contributed by atoms with Gasteiger partial charge >= 0.3 is 0 Å². The second kappa shape index (κ2) is 5.97. The smallest absolute Gasteiger partial charge is 0.255 e. The van der Waals surface area contributed by atoms with Crippen LogP contribution in [0.2, 0.25) is 0 Å². The molecule has 0 saturated carbocycles. The summed E-state index contributed by atoms with van der Waals surface area (Å²) < 4.78 is 2.86. The summed E-state index contributed by atoms with van der Waals surface area (Å²) in [7, 11) is 0. The van der Waals surface area contributed by atoms with Gasteiger partial charge in [-0.2, -0.15) is 0 Å². The van der Waals surface area contributed by atoms with Crippen LogP contribution in [-0.2, 0) is 0 Å². The largest absolute Gasteiger partial charge is 0.324 e. The van der Waals surface area contributed by atoms with Crippen LogP contribution in [0.25, 0.3) is 5.69 Å². The zero-order valence-electron chi connectivity index (χ0n) is 11.2. The molecule has 4 heteroatoms. The van der Waals surface area contributed by atoms with E-state index in [0.29, 0.717) is 5.56 Å². The van der Waals surface area contributed by atoms with Gasteiger partial charge in [0, 0.05) is 28.1 Å². The quantitative estimate of drug-likeness (QED) is 0.748. The molecule has 1 heterocycles. The summed E-state index contributed by atoms with van der Waals surface area (Å²) in [4.78, 5) is 12.2. The molecule has 1 N–H and O–H groups in total. The number of nitrogens with one attached hydrogen (secondary N) is 1. The van der Waals surface area contributed by atoms with Gasteiger partial charge in [0.1, 0.15) is 0 Å². The molecule has 0 fully saturated rings. The van der Waals surface area contributed by atoms with E-state index in [-0.39, 0.29) is 5.91 Å². The van der Waals surface area contributed by atoms with Crippen molar-refractivity contribution in [3.63, 3.8) is 0 Å². The summed E-state index contributed by atoms with van der Waals surface area (Å²) in [5, 5.41) is 2.89. The number of para-hydroxylation sites is 1. The average Bonchev–Trinajstić information content (AvgIpc) is 3.04. The van der Waals surface area contributed by atoms with E-state index < -0.39 is 0 Å². The first kappa shape index (κ1) is 13.6. The molecule has 21 heavy (non-hydrogen) atoms. The zero-order chi connectivity index (χ0) is 14.7. The van der Waals surface area contributed by atoms with Gasteiger partial charge in [0.25, 0.3) is 5.91 Å². The topological polar surface area (TPSA) is 34.0 Å². The normalized spacial score (nSPS) is 10.3. The third-order valence-electron chi connectivity index (χ3n) is 3.15. The predicted octanol–water partition coefficient (Wildman–Crippen LogP) is 4.49. The van der Waals surface area contributed by atoms with E-state index >= 15 is 0 Å². The second-order valence-electron chi connectivity index (χ2n) is 4.57. The molecule has 2 aromatic carbocycles. The van der Waals surface area contributed by atoms with Crippen molar-refractivity contribution in [2.75, 3.05) is 5.32 Å². The summed E-state index contributed by atoms with van der Waals surface area (Å²) in [6.07, 6.45) is 3.94. The summed E-state index contributed by atoms with van der Waals surface area (Å²) in [5.74, 6) is -0.124. The Morgan fingerprint density at radius 2 is 1.57 bits per heavy atom. The lowest BCUT2D eigenvalue weighted by molar-refractivity contribution is 0.102. The van der Waals surface area contributed by atoms with E-state index in [4.69, 9.17) is 0 Å². The number of aromatic nitrogens is 1. The molecule has 0 radical (unpaired) electrons. The van der Waals surface area contributed by atoms with E-state index in [2.05, 4.69) is 21.2 Å². The van der Waals surface area contributed by atoms with Crippen LogP contribution in [0, 0.1) is 0 Å². The first-order chi connectivity index (χ1) is 10.2. The van der Waals surface area contributed by atoms with E-state index in [1.165, 1.54) is 0 Å². The molecule has 3 aromatic rings. The van der Waals surface area contributed by atoms with Crippen molar-refractivity contribution in [3.8, 4) is 5.69 Å². The molecular formula is C17H13BrN2O. The Bertz CT molecular complexity index is 749. The fourth-order valence-corrected chi connectivity index (χ4v) is 2.43. The first-order valence-electron chi connectivity index (χ1n) is 6.53. The van der Waals surface area contributed by atoms with Gasteiger partial charge in [-0.25, -0.2) is 0 Å². The Hall–Kier alpha value is -2.33. The number of rotatable bonds is 3. The van der Waals surface area contributed by atoms with Gasteiger partial charge in [0.05, 0.1) is 5.69 Å². The van der Waals surface area contributed by atoms with E-state index in [1.54, 1.807) is 0 Å². The minimum absolute atomic E-state index is 0.124. The number of nitrogens with zero attached hydrogens (tertiary/aromatic N) is 1. The SMILES string of the molecule is O=C(Nc1ccccc1Br)c1ccc(-n2cccc2)cc1. The highest BCUT2D eigenvalue weighted by atomic mass is 79.9. The number of benzene rings is 2. The Balaban J connectivity index is 1.78. The maximum atomic E-state index is 12.2. The number of carbonyl (C=O) groups excluding carboxylic acids is 1. The number of hydrogen-bond donors (Lipinski definition) is 1. The van der Waals surface area contributed by atoms with Crippen molar-refractivity contribution in [2.24, 2.45) is 0 Å². The van der Waals surface area contributed by atoms with Crippen LogP contribution in [0.3, 0.4) is 0 Å². The first-order valence-corrected chi connectivity index (χ1v) is 7.32. The van der Waals surface area contributed by atoms with Gasteiger partial charge in [0.15, 0.2) is 0 Å². The molecule has 0 bridgehead atoms. The van der Waals surface area contributed by atoms with E-state index in [9.17, 15) is 4.79 Å². The molecule has 0 aliphatic heterocycles. The van der Waals surface area contributed by atoms with Gasteiger partial charge in [-0.05, 0) is 64.5 Å². The molecule has 0 aliphatic carbocycles. The molecule has 1 amide bonds. The molecule has 0 atom stereocenters. The summed E-state index contributed by atoms with van der Waals surface area (Å²) in [6, 6.07) is 19.0. The number of carbonyl (C=O) groups is 1. The van der Waals surface area contributed by atoms with Crippen LogP contribution >= 0.6 is 15.9 Å². The molecule has 3 nitrogen and oxygen atoms in total. The molecule has 0 aliphatic rings. The molecule has 104 valence electrons. The average molecular weight is 341 g/mol.